The molecule has 9 atom stereocenters. The van der Waals surface area contributed by atoms with E-state index in [-0.39, 0.29) is 41.3 Å². The molecule has 4 heterocycles. The van der Waals surface area contributed by atoms with Gasteiger partial charge in [-0.05, 0) is 80.0 Å². The number of nitrogens with zero attached hydrogens (tertiary/aromatic N) is 2. The molecule has 262 valence electrons. The Morgan fingerprint density at radius 2 is 1.86 bits per heavy atom. The Kier molecular flexibility index (Phi) is 7.90. The van der Waals surface area contributed by atoms with Gasteiger partial charge in [0.05, 0.1) is 36.0 Å². The van der Waals surface area contributed by atoms with Crippen LogP contribution in [0.2, 0.25) is 0 Å². The van der Waals surface area contributed by atoms with E-state index in [1.807, 2.05) is 6.92 Å². The van der Waals surface area contributed by atoms with Crippen LogP contribution < -0.4 is 10.4 Å². The number of hydrogen-bond donors (Lipinski definition) is 1. The van der Waals surface area contributed by atoms with Gasteiger partial charge < -0.3 is 28.5 Å². The SMILES string of the molecule is C[C@]12CC[C@@H]3O[C@H](c4ccccc4F)OC[C@@]3(C)C1C[C@H](OC(=O)c1ccc(C#N)cc1)[C@@]1(C)Oc3cc(-c4cccnc4)oc(=O)c3C(O)C21. The third-order valence-corrected chi connectivity index (χ3v) is 12.0. The van der Waals surface area contributed by atoms with E-state index in [0.29, 0.717) is 36.0 Å². The number of hydrogen-bond acceptors (Lipinski definition) is 10. The van der Waals surface area contributed by atoms with Crippen molar-refractivity contribution in [1.29, 1.82) is 5.26 Å². The lowest BCUT2D eigenvalue weighted by atomic mass is 9.42. The average Bonchev–Trinajstić information content (AvgIpc) is 3.12. The molecule has 0 radical (unpaired) electrons. The second-order valence-electron chi connectivity index (χ2n) is 14.8. The molecule has 10 nitrogen and oxygen atoms in total. The van der Waals surface area contributed by atoms with Gasteiger partial charge in [-0.1, -0.05) is 32.0 Å². The Morgan fingerprint density at radius 3 is 2.59 bits per heavy atom. The molecular weight excluding hydrogens is 655 g/mol. The molecule has 11 heteroatoms. The minimum absolute atomic E-state index is 0.00666. The predicted octanol–water partition coefficient (Wildman–Crippen LogP) is 6.68. The number of halogens is 1. The number of aliphatic hydroxyl groups excluding tert-OH is 1. The molecule has 4 aromatic rings. The molecule has 51 heavy (non-hydrogen) atoms. The molecule has 2 aliphatic heterocycles. The number of carbonyl (C=O) groups excluding carboxylic acids is 1. The zero-order chi connectivity index (χ0) is 35.7. The first kappa shape index (κ1) is 33.3. The van der Waals surface area contributed by atoms with Gasteiger partial charge in [0.15, 0.2) is 6.29 Å². The lowest BCUT2D eigenvalue weighted by Gasteiger charge is -2.67. The predicted molar refractivity (Wildman–Crippen MR) is 180 cm³/mol. The summed E-state index contributed by atoms with van der Waals surface area (Å²) in [4.78, 5) is 31.6. The first-order chi connectivity index (χ1) is 24.5. The van der Waals surface area contributed by atoms with Crippen LogP contribution >= 0.6 is 0 Å². The van der Waals surface area contributed by atoms with Gasteiger partial charge in [-0.2, -0.15) is 5.26 Å². The van der Waals surface area contributed by atoms with Crippen LogP contribution in [0.1, 0.15) is 79.5 Å². The quantitative estimate of drug-likeness (QED) is 0.230. The van der Waals surface area contributed by atoms with Crippen LogP contribution in [0.15, 0.2) is 88.3 Å². The minimum Gasteiger partial charge on any atom is -0.482 e. The normalized spacial score (nSPS) is 33.6. The Balaban J connectivity index is 1.21. The van der Waals surface area contributed by atoms with Crippen molar-refractivity contribution in [2.75, 3.05) is 6.61 Å². The van der Waals surface area contributed by atoms with Gasteiger partial charge in [0.1, 0.15) is 34.6 Å². The number of aromatic nitrogens is 1. The zero-order valence-electron chi connectivity index (χ0n) is 28.4. The van der Waals surface area contributed by atoms with Crippen molar-refractivity contribution >= 4 is 5.97 Å². The number of benzene rings is 2. The fraction of sp³-hybridized carbons (Fsp3) is 0.400. The summed E-state index contributed by atoms with van der Waals surface area (Å²) in [5.41, 5.74) is -1.80. The summed E-state index contributed by atoms with van der Waals surface area (Å²) >= 11 is 0. The summed E-state index contributed by atoms with van der Waals surface area (Å²) in [5, 5.41) is 21.6. The molecule has 0 bridgehead atoms. The molecule has 2 aromatic heterocycles. The molecule has 2 saturated carbocycles. The fourth-order valence-electron chi connectivity index (χ4n) is 9.56. The lowest BCUT2D eigenvalue weighted by Crippen LogP contribution is -2.72. The minimum atomic E-state index is -1.33. The highest BCUT2D eigenvalue weighted by atomic mass is 19.1. The fourth-order valence-corrected chi connectivity index (χ4v) is 9.56. The van der Waals surface area contributed by atoms with Crippen molar-refractivity contribution in [1.82, 2.24) is 4.98 Å². The molecule has 0 spiro atoms. The topological polar surface area (TPSA) is 141 Å². The molecule has 3 fully saturated rings. The van der Waals surface area contributed by atoms with Gasteiger partial charge >= 0.3 is 11.6 Å². The van der Waals surface area contributed by atoms with Crippen molar-refractivity contribution in [2.45, 2.75) is 70.2 Å². The smallest absolute Gasteiger partial charge is 0.345 e. The van der Waals surface area contributed by atoms with Crippen LogP contribution in [0.3, 0.4) is 0 Å². The van der Waals surface area contributed by atoms with E-state index < -0.39 is 58.3 Å². The van der Waals surface area contributed by atoms with Crippen LogP contribution in [0, 0.1) is 39.8 Å². The van der Waals surface area contributed by atoms with E-state index in [9.17, 15) is 24.3 Å². The Bertz CT molecular complexity index is 2100. The highest BCUT2D eigenvalue weighted by molar-refractivity contribution is 5.89. The second-order valence-corrected chi connectivity index (χ2v) is 14.8. The van der Waals surface area contributed by atoms with E-state index in [2.05, 4.69) is 24.9 Å². The first-order valence-electron chi connectivity index (χ1n) is 17.1. The molecular formula is C40H37FN2O8. The van der Waals surface area contributed by atoms with Crippen molar-refractivity contribution in [2.24, 2.45) is 22.7 Å². The summed E-state index contributed by atoms with van der Waals surface area (Å²) < 4.78 is 46.5. The van der Waals surface area contributed by atoms with Gasteiger partial charge in [-0.3, -0.25) is 4.98 Å². The van der Waals surface area contributed by atoms with E-state index in [0.717, 1.165) is 0 Å². The highest BCUT2D eigenvalue weighted by Crippen LogP contribution is 2.68. The lowest BCUT2D eigenvalue weighted by molar-refractivity contribution is -0.330. The van der Waals surface area contributed by atoms with Crippen LogP contribution in [0.5, 0.6) is 5.75 Å². The summed E-state index contributed by atoms with van der Waals surface area (Å²) in [6.07, 6.45) is 1.19. The average molecular weight is 693 g/mol. The second kappa shape index (κ2) is 12.1. The number of fused-ring (bicyclic) bond motifs is 6. The van der Waals surface area contributed by atoms with Crippen molar-refractivity contribution in [3.63, 3.8) is 0 Å². The van der Waals surface area contributed by atoms with Crippen molar-refractivity contribution < 1.29 is 37.7 Å². The van der Waals surface area contributed by atoms with Crippen molar-refractivity contribution in [3.05, 3.63) is 118 Å². The zero-order valence-corrected chi connectivity index (χ0v) is 28.4. The summed E-state index contributed by atoms with van der Waals surface area (Å²) in [7, 11) is 0. The summed E-state index contributed by atoms with van der Waals surface area (Å²) in [6.45, 7) is 6.21. The summed E-state index contributed by atoms with van der Waals surface area (Å²) in [5.74, 6) is -1.65. The number of pyridine rings is 1. The maximum absolute atomic E-state index is 14.8. The summed E-state index contributed by atoms with van der Waals surface area (Å²) in [6, 6.07) is 19.7. The highest BCUT2D eigenvalue weighted by Gasteiger charge is 2.71. The van der Waals surface area contributed by atoms with E-state index in [1.165, 1.54) is 18.2 Å². The molecule has 8 rings (SSSR count). The van der Waals surface area contributed by atoms with Gasteiger partial charge in [0.25, 0.3) is 0 Å². The Morgan fingerprint density at radius 1 is 1.08 bits per heavy atom. The van der Waals surface area contributed by atoms with Gasteiger partial charge in [0, 0.05) is 40.9 Å². The number of nitriles is 1. The standard InChI is InChI=1S/C40H37FN2O8/c1-38-15-14-30-39(2,21-47-37(50-30)25-8-4-5-9-26(25)41)29(38)18-31(49-35(45)23-12-10-22(19-42)11-13-23)40(3)34(38)33(44)32-28(51-40)17-27(48-36(32)46)24-7-6-16-43-20-24/h4-13,16-17,20,29-31,33-34,37,44H,14-15,18,21H2,1-3H3/t29?,30-,31-,33?,34?,37+,38-,39-,40+/m0/s1. The molecule has 2 aromatic carbocycles. The molecule has 1 saturated heterocycles. The molecule has 2 aliphatic carbocycles. The number of carbonyl (C=O) groups is 1. The van der Waals surface area contributed by atoms with Crippen LogP contribution in [0.4, 0.5) is 4.39 Å². The Hall–Kier alpha value is -4.89. The van der Waals surface area contributed by atoms with Crippen LogP contribution in [-0.2, 0) is 14.2 Å². The third-order valence-electron chi connectivity index (χ3n) is 12.0. The first-order valence-corrected chi connectivity index (χ1v) is 17.1. The maximum atomic E-state index is 14.8. The van der Waals surface area contributed by atoms with E-state index in [4.69, 9.17) is 23.4 Å². The van der Waals surface area contributed by atoms with Crippen LogP contribution in [0.25, 0.3) is 11.3 Å². The maximum Gasteiger partial charge on any atom is 0.345 e. The van der Waals surface area contributed by atoms with Crippen molar-refractivity contribution in [3.8, 4) is 23.1 Å². The molecule has 0 amide bonds. The number of ether oxygens (including phenoxy) is 4. The molecule has 4 aliphatic rings. The Labute approximate surface area is 293 Å². The van der Waals surface area contributed by atoms with E-state index in [1.54, 1.807) is 60.9 Å². The van der Waals surface area contributed by atoms with Crippen LogP contribution in [-0.4, -0.2) is 40.5 Å². The number of aliphatic hydroxyl groups is 1. The van der Waals surface area contributed by atoms with E-state index >= 15 is 0 Å². The van der Waals surface area contributed by atoms with Gasteiger partial charge in [-0.25, -0.2) is 14.0 Å². The number of esters is 1. The van der Waals surface area contributed by atoms with Gasteiger partial charge in [0.2, 0.25) is 0 Å². The molecule has 3 unspecified atom stereocenters. The largest absolute Gasteiger partial charge is 0.482 e. The van der Waals surface area contributed by atoms with Gasteiger partial charge in [-0.15, -0.1) is 0 Å². The molecule has 1 N–H and O–H groups in total. The number of rotatable bonds is 4. The monoisotopic (exact) mass is 692 g/mol. The third kappa shape index (κ3) is 5.19.